The van der Waals surface area contributed by atoms with E-state index in [9.17, 15) is 13.2 Å². The van der Waals surface area contributed by atoms with Crippen LogP contribution in [0.4, 0.5) is 13.2 Å². The van der Waals surface area contributed by atoms with Crippen LogP contribution in [-0.2, 0) is 5.41 Å². The number of aromatic nitrogens is 2. The van der Waals surface area contributed by atoms with Gasteiger partial charge in [0.2, 0.25) is 11.7 Å². The Morgan fingerprint density at radius 2 is 2.26 bits per heavy atom. The van der Waals surface area contributed by atoms with Gasteiger partial charge in [-0.3, -0.25) is 0 Å². The van der Waals surface area contributed by atoms with Crippen molar-refractivity contribution in [1.82, 2.24) is 15.5 Å². The Kier molecular flexibility index (Phi) is 2.86. The molecule has 0 bridgehead atoms. The first kappa shape index (κ1) is 12.6. The Bertz CT molecular complexity index is 558. The van der Waals surface area contributed by atoms with Gasteiger partial charge in [0.15, 0.2) is 5.41 Å². The molecule has 0 aliphatic carbocycles. The van der Waals surface area contributed by atoms with Crippen LogP contribution in [0.2, 0.25) is 0 Å². The first-order valence-corrected chi connectivity index (χ1v) is 6.61. The molecule has 0 aromatic carbocycles. The van der Waals surface area contributed by atoms with Gasteiger partial charge in [-0.05, 0) is 24.4 Å². The average molecular weight is 289 g/mol. The van der Waals surface area contributed by atoms with Gasteiger partial charge in [-0.2, -0.15) is 29.5 Å². The van der Waals surface area contributed by atoms with E-state index in [1.165, 1.54) is 11.3 Å². The molecule has 4 nitrogen and oxygen atoms in total. The van der Waals surface area contributed by atoms with Crippen molar-refractivity contribution >= 4 is 11.3 Å². The number of rotatable bonds is 2. The summed E-state index contributed by atoms with van der Waals surface area (Å²) in [6, 6.07) is 1.74. The monoisotopic (exact) mass is 289 g/mol. The lowest BCUT2D eigenvalue weighted by molar-refractivity contribution is -0.191. The zero-order chi connectivity index (χ0) is 13.5. The van der Waals surface area contributed by atoms with E-state index in [1.54, 1.807) is 11.4 Å². The molecule has 0 saturated carbocycles. The van der Waals surface area contributed by atoms with Crippen LogP contribution >= 0.6 is 11.3 Å². The van der Waals surface area contributed by atoms with Gasteiger partial charge in [-0.15, -0.1) is 0 Å². The van der Waals surface area contributed by atoms with Gasteiger partial charge >= 0.3 is 6.18 Å². The number of nitrogens with zero attached hydrogens (tertiary/aromatic N) is 2. The first-order valence-electron chi connectivity index (χ1n) is 5.67. The van der Waals surface area contributed by atoms with Crippen molar-refractivity contribution in [2.75, 3.05) is 13.1 Å². The third kappa shape index (κ3) is 1.95. The quantitative estimate of drug-likeness (QED) is 0.923. The topological polar surface area (TPSA) is 51.0 Å². The van der Waals surface area contributed by atoms with Crippen molar-refractivity contribution in [1.29, 1.82) is 0 Å². The second-order valence-electron chi connectivity index (χ2n) is 4.44. The fourth-order valence-corrected chi connectivity index (χ4v) is 2.80. The molecule has 3 rings (SSSR count). The summed E-state index contributed by atoms with van der Waals surface area (Å²) in [6.45, 7) is 0.0669. The molecular weight excluding hydrogens is 279 g/mol. The summed E-state index contributed by atoms with van der Waals surface area (Å²) in [6.07, 6.45) is -4.49. The summed E-state index contributed by atoms with van der Waals surface area (Å²) in [5, 5.41) is 9.94. The molecule has 1 saturated heterocycles. The Morgan fingerprint density at radius 3 is 2.84 bits per heavy atom. The van der Waals surface area contributed by atoms with Crippen molar-refractivity contribution in [3.8, 4) is 11.4 Å². The van der Waals surface area contributed by atoms with Crippen LogP contribution in [0.3, 0.4) is 0 Å². The SMILES string of the molecule is FC(F)(F)C1(c2nc(-c3ccsc3)no2)CCNC1. The van der Waals surface area contributed by atoms with Crippen LogP contribution in [0.25, 0.3) is 11.4 Å². The summed E-state index contributed by atoms with van der Waals surface area (Å²) in [7, 11) is 0. The van der Waals surface area contributed by atoms with E-state index in [0.717, 1.165) is 0 Å². The van der Waals surface area contributed by atoms with Crippen LogP contribution in [0.15, 0.2) is 21.3 Å². The van der Waals surface area contributed by atoms with Crippen LogP contribution in [0.1, 0.15) is 12.3 Å². The van der Waals surface area contributed by atoms with Gasteiger partial charge in [0.1, 0.15) is 0 Å². The predicted octanol–water partition coefficient (Wildman–Crippen LogP) is 2.59. The second-order valence-corrected chi connectivity index (χ2v) is 5.22. The zero-order valence-electron chi connectivity index (χ0n) is 9.70. The minimum atomic E-state index is -4.41. The van der Waals surface area contributed by atoms with Crippen LogP contribution in [0.5, 0.6) is 0 Å². The molecule has 2 aromatic heterocycles. The first-order chi connectivity index (χ1) is 9.03. The number of alkyl halides is 3. The summed E-state index contributed by atoms with van der Waals surface area (Å²) in [5.74, 6) is -0.155. The van der Waals surface area contributed by atoms with Gasteiger partial charge in [-0.1, -0.05) is 5.16 Å². The molecule has 102 valence electrons. The Balaban J connectivity index is 2.01. The molecule has 0 amide bonds. The summed E-state index contributed by atoms with van der Waals surface area (Å²) in [5.41, 5.74) is -1.39. The fourth-order valence-electron chi connectivity index (χ4n) is 2.16. The van der Waals surface area contributed by atoms with Crippen molar-refractivity contribution in [3.63, 3.8) is 0 Å². The Hall–Kier alpha value is -1.41. The van der Waals surface area contributed by atoms with Gasteiger partial charge < -0.3 is 9.84 Å². The van der Waals surface area contributed by atoms with E-state index >= 15 is 0 Å². The standard InChI is InChI=1S/C11H10F3N3OS/c12-11(13,14)10(2-3-15-6-10)9-16-8(17-18-9)7-1-4-19-5-7/h1,4-5,15H,2-3,6H2. The van der Waals surface area contributed by atoms with Gasteiger partial charge in [0, 0.05) is 17.5 Å². The summed E-state index contributed by atoms with van der Waals surface area (Å²) < 4.78 is 44.7. The van der Waals surface area contributed by atoms with Crippen LogP contribution in [-0.4, -0.2) is 29.4 Å². The lowest BCUT2D eigenvalue weighted by atomic mass is 9.86. The van der Waals surface area contributed by atoms with Gasteiger partial charge in [0.25, 0.3) is 0 Å². The Morgan fingerprint density at radius 1 is 1.42 bits per heavy atom. The number of halogens is 3. The number of hydrogen-bond acceptors (Lipinski definition) is 5. The lowest BCUT2D eigenvalue weighted by Gasteiger charge is -2.26. The highest BCUT2D eigenvalue weighted by Crippen LogP contribution is 2.45. The molecule has 1 aliphatic rings. The highest BCUT2D eigenvalue weighted by Gasteiger charge is 2.61. The largest absolute Gasteiger partial charge is 0.404 e. The molecule has 19 heavy (non-hydrogen) atoms. The van der Waals surface area contributed by atoms with Crippen molar-refractivity contribution < 1.29 is 17.7 Å². The maximum atomic E-state index is 13.3. The van der Waals surface area contributed by atoms with E-state index in [2.05, 4.69) is 15.5 Å². The van der Waals surface area contributed by atoms with Crippen molar-refractivity contribution in [2.24, 2.45) is 0 Å². The van der Waals surface area contributed by atoms with E-state index in [1.807, 2.05) is 5.38 Å². The molecule has 0 radical (unpaired) electrons. The number of nitrogens with one attached hydrogen (secondary N) is 1. The smallest absolute Gasteiger partial charge is 0.338 e. The normalized spacial score (nSPS) is 23.9. The predicted molar refractivity (Wildman–Crippen MR) is 62.8 cm³/mol. The van der Waals surface area contributed by atoms with E-state index in [-0.39, 0.29) is 31.2 Å². The summed E-state index contributed by atoms with van der Waals surface area (Å²) >= 11 is 1.42. The van der Waals surface area contributed by atoms with Crippen LogP contribution < -0.4 is 5.32 Å². The maximum Gasteiger partial charge on any atom is 0.404 e. The van der Waals surface area contributed by atoms with Crippen LogP contribution in [0, 0.1) is 0 Å². The highest BCUT2D eigenvalue weighted by molar-refractivity contribution is 7.08. The lowest BCUT2D eigenvalue weighted by Crippen LogP contribution is -2.44. The van der Waals surface area contributed by atoms with E-state index in [4.69, 9.17) is 4.52 Å². The summed E-state index contributed by atoms with van der Waals surface area (Å²) in [4.78, 5) is 3.94. The van der Waals surface area contributed by atoms with E-state index in [0.29, 0.717) is 5.56 Å². The third-order valence-electron chi connectivity index (χ3n) is 3.31. The minimum absolute atomic E-state index is 0.0816. The molecule has 1 aliphatic heterocycles. The van der Waals surface area contributed by atoms with Crippen molar-refractivity contribution in [3.05, 3.63) is 22.7 Å². The molecule has 3 heterocycles. The molecule has 1 fully saturated rings. The Labute approximate surface area is 110 Å². The molecule has 8 heteroatoms. The molecule has 1 unspecified atom stereocenters. The molecule has 1 N–H and O–H groups in total. The van der Waals surface area contributed by atoms with Gasteiger partial charge in [-0.25, -0.2) is 0 Å². The zero-order valence-corrected chi connectivity index (χ0v) is 10.5. The maximum absolute atomic E-state index is 13.3. The van der Waals surface area contributed by atoms with Gasteiger partial charge in [0.05, 0.1) is 0 Å². The second kappa shape index (κ2) is 4.31. The van der Waals surface area contributed by atoms with E-state index < -0.39 is 11.6 Å². The molecule has 1 atom stereocenters. The van der Waals surface area contributed by atoms with Crippen molar-refractivity contribution in [2.45, 2.75) is 18.0 Å². The molecule has 0 spiro atoms. The fraction of sp³-hybridized carbons (Fsp3) is 0.455. The molecular formula is C11H10F3N3OS. The number of thiophene rings is 1. The highest BCUT2D eigenvalue weighted by atomic mass is 32.1. The minimum Gasteiger partial charge on any atom is -0.338 e. The average Bonchev–Trinajstić information content (AvgIpc) is 3.10. The molecule has 2 aromatic rings. The third-order valence-corrected chi connectivity index (χ3v) is 4.00. The number of hydrogen-bond donors (Lipinski definition) is 1.